The van der Waals surface area contributed by atoms with Gasteiger partial charge in [0, 0.05) is 17.5 Å². The van der Waals surface area contributed by atoms with Gasteiger partial charge < -0.3 is 5.11 Å². The van der Waals surface area contributed by atoms with Crippen molar-refractivity contribution < 1.29 is 14.7 Å². The van der Waals surface area contributed by atoms with E-state index in [0.717, 1.165) is 5.06 Å². The summed E-state index contributed by atoms with van der Waals surface area (Å²) in [6.07, 6.45) is 0. The monoisotopic (exact) mass is 222 g/mol. The lowest BCUT2D eigenvalue weighted by Gasteiger charge is -2.13. The van der Waals surface area contributed by atoms with E-state index in [1.807, 2.05) is 0 Å². The zero-order valence-corrected chi connectivity index (χ0v) is 8.78. The highest BCUT2D eigenvalue weighted by atomic mass is 16.7. The number of phenolic OH excluding ortho intramolecular Hbond substituents is 1. The van der Waals surface area contributed by atoms with Gasteiger partial charge in [0.1, 0.15) is 5.75 Å². The summed E-state index contributed by atoms with van der Waals surface area (Å²) in [6, 6.07) is 3.97. The van der Waals surface area contributed by atoms with Gasteiger partial charge >= 0.3 is 0 Å². The normalized spacial score (nSPS) is 9.38. The lowest BCUT2D eigenvalue weighted by atomic mass is 10.2. The third kappa shape index (κ3) is 2.41. The molecule has 7 heteroatoms. The van der Waals surface area contributed by atoms with Gasteiger partial charge in [-0.2, -0.15) is 0 Å². The SMILES string of the molecule is CON(C)C(=O)c1ccc(O)c(N=[N+]=[N-])c1. The smallest absolute Gasteiger partial charge is 0.277 e. The average molecular weight is 222 g/mol. The summed E-state index contributed by atoms with van der Waals surface area (Å²) in [4.78, 5) is 18.9. The summed E-state index contributed by atoms with van der Waals surface area (Å²) >= 11 is 0. The molecule has 0 unspecified atom stereocenters. The van der Waals surface area contributed by atoms with Crippen LogP contribution < -0.4 is 0 Å². The summed E-state index contributed by atoms with van der Waals surface area (Å²) in [5.74, 6) is -0.591. The minimum Gasteiger partial charge on any atom is -0.507 e. The third-order valence-electron chi connectivity index (χ3n) is 1.93. The molecule has 0 atom stereocenters. The fraction of sp³-hybridized carbons (Fsp3) is 0.222. The molecule has 1 amide bonds. The standard InChI is InChI=1S/C9H10N4O3/c1-13(16-2)9(15)6-3-4-8(14)7(5-6)11-12-10/h3-5,14H,1-2H3. The third-order valence-corrected chi connectivity index (χ3v) is 1.93. The van der Waals surface area contributed by atoms with E-state index < -0.39 is 5.91 Å². The summed E-state index contributed by atoms with van der Waals surface area (Å²) in [7, 11) is 2.80. The maximum atomic E-state index is 11.6. The number of nitrogens with zero attached hydrogens (tertiary/aromatic N) is 4. The average Bonchev–Trinajstić information content (AvgIpc) is 2.30. The maximum Gasteiger partial charge on any atom is 0.277 e. The van der Waals surface area contributed by atoms with Gasteiger partial charge in [-0.25, -0.2) is 5.06 Å². The highest BCUT2D eigenvalue weighted by Crippen LogP contribution is 2.27. The van der Waals surface area contributed by atoms with Crippen LogP contribution in [0.1, 0.15) is 10.4 Å². The highest BCUT2D eigenvalue weighted by Gasteiger charge is 2.12. The summed E-state index contributed by atoms with van der Waals surface area (Å²) < 4.78 is 0. The van der Waals surface area contributed by atoms with Crippen LogP contribution in [-0.2, 0) is 4.84 Å². The first kappa shape index (κ1) is 11.8. The fourth-order valence-corrected chi connectivity index (χ4v) is 1.05. The van der Waals surface area contributed by atoms with Gasteiger partial charge in [-0.3, -0.25) is 9.63 Å². The molecule has 0 spiro atoms. The van der Waals surface area contributed by atoms with Crippen molar-refractivity contribution in [3.8, 4) is 5.75 Å². The summed E-state index contributed by atoms with van der Waals surface area (Å²) in [5, 5.41) is 13.6. The molecule has 0 heterocycles. The van der Waals surface area contributed by atoms with Crippen LogP contribution in [0.3, 0.4) is 0 Å². The predicted octanol–water partition coefficient (Wildman–Crippen LogP) is 1.97. The molecule has 1 aromatic carbocycles. The van der Waals surface area contributed by atoms with E-state index in [0.29, 0.717) is 0 Å². The minimum absolute atomic E-state index is 0.00199. The highest BCUT2D eigenvalue weighted by molar-refractivity contribution is 5.94. The van der Waals surface area contributed by atoms with Crippen molar-refractivity contribution >= 4 is 11.6 Å². The Hall–Kier alpha value is -2.24. The molecule has 1 rings (SSSR count). The van der Waals surface area contributed by atoms with E-state index >= 15 is 0 Å². The van der Waals surface area contributed by atoms with Crippen molar-refractivity contribution in [1.29, 1.82) is 0 Å². The Balaban J connectivity index is 3.12. The van der Waals surface area contributed by atoms with Crippen LogP contribution in [0.25, 0.3) is 10.4 Å². The number of rotatable bonds is 3. The van der Waals surface area contributed by atoms with Crippen LogP contribution >= 0.6 is 0 Å². The molecule has 0 aromatic heterocycles. The van der Waals surface area contributed by atoms with Crippen LogP contribution in [0, 0.1) is 0 Å². The second-order valence-electron chi connectivity index (χ2n) is 2.88. The van der Waals surface area contributed by atoms with E-state index in [1.165, 1.54) is 32.4 Å². The van der Waals surface area contributed by atoms with Crippen molar-refractivity contribution in [3.63, 3.8) is 0 Å². The van der Waals surface area contributed by atoms with Gasteiger partial charge in [0.05, 0.1) is 12.8 Å². The molecule has 84 valence electrons. The van der Waals surface area contributed by atoms with E-state index in [-0.39, 0.29) is 17.0 Å². The first-order valence-corrected chi connectivity index (χ1v) is 4.30. The topological polar surface area (TPSA) is 98.5 Å². The number of carbonyl (C=O) groups is 1. The molecule has 0 fully saturated rings. The molecule has 7 nitrogen and oxygen atoms in total. The van der Waals surface area contributed by atoms with Crippen molar-refractivity contribution in [2.75, 3.05) is 14.2 Å². The molecule has 1 N–H and O–H groups in total. The fourth-order valence-electron chi connectivity index (χ4n) is 1.05. The second-order valence-corrected chi connectivity index (χ2v) is 2.88. The zero-order chi connectivity index (χ0) is 12.1. The van der Waals surface area contributed by atoms with Gasteiger partial charge in [-0.1, -0.05) is 5.11 Å². The van der Waals surface area contributed by atoms with Crippen LogP contribution in [-0.4, -0.2) is 30.2 Å². The first-order chi connectivity index (χ1) is 7.60. The Kier molecular flexibility index (Phi) is 3.71. The number of hydroxylamine groups is 2. The largest absolute Gasteiger partial charge is 0.507 e. The quantitative estimate of drug-likeness (QED) is 0.366. The van der Waals surface area contributed by atoms with Crippen molar-refractivity contribution in [2.24, 2.45) is 5.11 Å². The molecule has 16 heavy (non-hydrogen) atoms. The Morgan fingerprint density at radius 2 is 2.31 bits per heavy atom. The number of hydrogen-bond donors (Lipinski definition) is 1. The maximum absolute atomic E-state index is 11.6. The second kappa shape index (κ2) is 5.01. The van der Waals surface area contributed by atoms with E-state index in [9.17, 15) is 9.90 Å². The molecule has 0 bridgehead atoms. The van der Waals surface area contributed by atoms with E-state index in [2.05, 4.69) is 10.0 Å². The number of amides is 1. The van der Waals surface area contributed by atoms with Gasteiger partial charge in [-0.15, -0.1) is 0 Å². The van der Waals surface area contributed by atoms with Gasteiger partial charge in [0.25, 0.3) is 5.91 Å². The molecule has 0 saturated carbocycles. The van der Waals surface area contributed by atoms with E-state index in [4.69, 9.17) is 10.4 Å². The number of aromatic hydroxyl groups is 1. The molecular weight excluding hydrogens is 212 g/mol. The predicted molar refractivity (Wildman–Crippen MR) is 56.0 cm³/mol. The molecule has 0 aliphatic heterocycles. The Morgan fingerprint density at radius 1 is 1.62 bits per heavy atom. The minimum atomic E-state index is -0.406. The zero-order valence-electron chi connectivity index (χ0n) is 8.78. The molecule has 0 aliphatic carbocycles. The Morgan fingerprint density at radius 3 is 2.88 bits per heavy atom. The molecule has 0 saturated heterocycles. The lowest BCUT2D eigenvalue weighted by molar-refractivity contribution is -0.0756. The van der Waals surface area contributed by atoms with Crippen molar-refractivity contribution in [1.82, 2.24) is 5.06 Å². The number of phenols is 1. The molecule has 0 aliphatic rings. The van der Waals surface area contributed by atoms with Gasteiger partial charge in [0.15, 0.2) is 0 Å². The lowest BCUT2D eigenvalue weighted by Crippen LogP contribution is -2.25. The molecular formula is C9H10N4O3. The molecule has 1 aromatic rings. The summed E-state index contributed by atoms with van der Waals surface area (Å²) in [6.45, 7) is 0. The van der Waals surface area contributed by atoms with Gasteiger partial charge in [0.2, 0.25) is 0 Å². The van der Waals surface area contributed by atoms with Crippen molar-refractivity contribution in [3.05, 3.63) is 34.2 Å². The Labute approximate surface area is 91.4 Å². The number of azide groups is 1. The number of hydrogen-bond acceptors (Lipinski definition) is 4. The van der Waals surface area contributed by atoms with Crippen LogP contribution in [0.2, 0.25) is 0 Å². The number of benzene rings is 1. The number of carbonyl (C=O) groups excluding carboxylic acids is 1. The Bertz CT molecular complexity index is 454. The van der Waals surface area contributed by atoms with Crippen LogP contribution in [0.5, 0.6) is 5.75 Å². The first-order valence-electron chi connectivity index (χ1n) is 4.30. The van der Waals surface area contributed by atoms with Crippen molar-refractivity contribution in [2.45, 2.75) is 0 Å². The summed E-state index contributed by atoms with van der Waals surface area (Å²) in [5.41, 5.74) is 8.51. The van der Waals surface area contributed by atoms with Crippen LogP contribution in [0.4, 0.5) is 5.69 Å². The van der Waals surface area contributed by atoms with Crippen LogP contribution in [0.15, 0.2) is 23.3 Å². The van der Waals surface area contributed by atoms with E-state index in [1.54, 1.807) is 0 Å². The molecule has 0 radical (unpaired) electrons. The van der Waals surface area contributed by atoms with Gasteiger partial charge in [-0.05, 0) is 23.7 Å².